The second-order valence-electron chi connectivity index (χ2n) is 1.61. The van der Waals surface area contributed by atoms with Crippen LogP contribution in [0, 0.1) is 0 Å². The van der Waals surface area contributed by atoms with Crippen LogP contribution < -0.4 is 5.11 Å². The first-order chi connectivity index (χ1) is 4.22. The third-order valence-corrected chi connectivity index (χ3v) is 0.992. The van der Waals surface area contributed by atoms with E-state index < -0.39 is 11.9 Å². The van der Waals surface area contributed by atoms with Gasteiger partial charge in [-0.3, -0.25) is 0 Å². The van der Waals surface area contributed by atoms with Gasteiger partial charge in [0.05, 0.1) is 11.5 Å². The lowest BCUT2D eigenvalue weighted by Gasteiger charge is -2.22. The zero-order valence-electron chi connectivity index (χ0n) is 4.84. The number of cyclic esters (lactones) is 1. The Morgan fingerprint density at radius 1 is 1.56 bits per heavy atom. The van der Waals surface area contributed by atoms with Crippen LogP contribution >= 0.6 is 0 Å². The monoisotopic (exact) mass is 129 g/mol. The third-order valence-electron chi connectivity index (χ3n) is 0.992. The quantitative estimate of drug-likeness (QED) is 0.398. The van der Waals surface area contributed by atoms with E-state index in [2.05, 4.69) is 9.47 Å². The number of hydrogen-bond acceptors (Lipinski definition) is 4. The van der Waals surface area contributed by atoms with Gasteiger partial charge in [0.25, 0.3) is 0 Å². The van der Waals surface area contributed by atoms with Crippen molar-refractivity contribution < 1.29 is 19.4 Å². The van der Waals surface area contributed by atoms with Gasteiger partial charge in [0.15, 0.2) is 0 Å². The molecule has 0 amide bonds. The van der Waals surface area contributed by atoms with E-state index in [1.807, 2.05) is 0 Å². The fraction of sp³-hybridized carbons (Fsp3) is 0.400. The van der Waals surface area contributed by atoms with Crippen LogP contribution in [0.3, 0.4) is 0 Å². The van der Waals surface area contributed by atoms with Crippen LogP contribution in [-0.2, 0) is 14.3 Å². The van der Waals surface area contributed by atoms with E-state index >= 15 is 0 Å². The minimum atomic E-state index is -0.591. The zero-order valence-corrected chi connectivity index (χ0v) is 4.84. The molecule has 0 saturated heterocycles. The molecule has 0 fully saturated rings. The van der Waals surface area contributed by atoms with E-state index in [9.17, 15) is 9.90 Å². The Labute approximate surface area is 51.7 Å². The number of hydrogen-bond donors (Lipinski definition) is 0. The van der Waals surface area contributed by atoms with Crippen molar-refractivity contribution in [2.45, 2.75) is 6.92 Å². The highest BCUT2D eigenvalue weighted by Gasteiger charge is 2.10. The first-order valence-corrected chi connectivity index (χ1v) is 2.39. The molecule has 0 spiro atoms. The van der Waals surface area contributed by atoms with Gasteiger partial charge in [-0.2, -0.15) is 0 Å². The molecule has 4 heteroatoms. The Bertz CT molecular complexity index is 170. The SMILES string of the molecule is CC1=C([O-])OCOC1=O. The second kappa shape index (κ2) is 1.97. The number of ether oxygens (including phenoxy) is 2. The van der Waals surface area contributed by atoms with Crippen molar-refractivity contribution in [2.75, 3.05) is 6.79 Å². The van der Waals surface area contributed by atoms with Crippen molar-refractivity contribution in [3.8, 4) is 0 Å². The standard InChI is InChI=1S/C5H6O4/c1-3-4(6)8-2-9-5(3)7/h6H,2H2,1H3/p-1. The van der Waals surface area contributed by atoms with Crippen LogP contribution in [0.15, 0.2) is 11.5 Å². The fourth-order valence-electron chi connectivity index (χ4n) is 0.436. The molecule has 0 unspecified atom stereocenters. The largest absolute Gasteiger partial charge is 0.579 e. The molecule has 1 aliphatic heterocycles. The summed E-state index contributed by atoms with van der Waals surface area (Å²) in [5.41, 5.74) is 0.00116. The number of carbonyl (C=O) groups excluding carboxylic acids is 1. The molecule has 50 valence electrons. The number of carbonyl (C=O) groups is 1. The maximum absolute atomic E-state index is 10.4. The van der Waals surface area contributed by atoms with Crippen LogP contribution in [0.1, 0.15) is 6.92 Å². The smallest absolute Gasteiger partial charge is 0.336 e. The number of esters is 1. The van der Waals surface area contributed by atoms with Crippen molar-refractivity contribution in [1.29, 1.82) is 0 Å². The summed E-state index contributed by atoms with van der Waals surface area (Å²) in [6, 6.07) is 0. The lowest BCUT2D eigenvalue weighted by atomic mass is 10.3. The average molecular weight is 129 g/mol. The second-order valence-corrected chi connectivity index (χ2v) is 1.61. The summed E-state index contributed by atoms with van der Waals surface area (Å²) < 4.78 is 8.68. The van der Waals surface area contributed by atoms with Crippen LogP contribution in [0.4, 0.5) is 0 Å². The Morgan fingerprint density at radius 3 is 2.67 bits per heavy atom. The Morgan fingerprint density at radius 2 is 2.22 bits per heavy atom. The van der Waals surface area contributed by atoms with Gasteiger partial charge in [-0.1, -0.05) is 0 Å². The van der Waals surface area contributed by atoms with Crippen molar-refractivity contribution in [2.24, 2.45) is 0 Å². The predicted molar refractivity (Wildman–Crippen MR) is 24.7 cm³/mol. The molecule has 0 radical (unpaired) electrons. The summed E-state index contributed by atoms with van der Waals surface area (Å²) in [5, 5.41) is 10.4. The van der Waals surface area contributed by atoms with E-state index in [4.69, 9.17) is 0 Å². The molecule has 0 aliphatic carbocycles. The average Bonchev–Trinajstić information content (AvgIpc) is 1.83. The van der Waals surface area contributed by atoms with E-state index in [1.165, 1.54) is 6.92 Å². The summed E-state index contributed by atoms with van der Waals surface area (Å²) in [6.45, 7) is 1.11. The van der Waals surface area contributed by atoms with Gasteiger partial charge >= 0.3 is 5.97 Å². The van der Waals surface area contributed by atoms with E-state index in [-0.39, 0.29) is 12.4 Å². The minimum Gasteiger partial charge on any atom is -0.579 e. The maximum Gasteiger partial charge on any atom is 0.336 e. The van der Waals surface area contributed by atoms with Crippen molar-refractivity contribution >= 4 is 5.97 Å². The van der Waals surface area contributed by atoms with Gasteiger partial charge in [0.1, 0.15) is 6.79 Å². The van der Waals surface area contributed by atoms with Crippen LogP contribution in [0.2, 0.25) is 0 Å². The highest BCUT2D eigenvalue weighted by molar-refractivity contribution is 5.88. The molecule has 0 aromatic carbocycles. The van der Waals surface area contributed by atoms with Crippen molar-refractivity contribution in [3.63, 3.8) is 0 Å². The van der Waals surface area contributed by atoms with E-state index in [1.54, 1.807) is 0 Å². The highest BCUT2D eigenvalue weighted by Crippen LogP contribution is 2.07. The lowest BCUT2D eigenvalue weighted by molar-refractivity contribution is -0.369. The van der Waals surface area contributed by atoms with Gasteiger partial charge in [0.2, 0.25) is 0 Å². The van der Waals surface area contributed by atoms with Crippen molar-refractivity contribution in [3.05, 3.63) is 11.5 Å². The van der Waals surface area contributed by atoms with Gasteiger partial charge in [-0.15, -0.1) is 0 Å². The van der Waals surface area contributed by atoms with Gasteiger partial charge in [0, 0.05) is 0 Å². The zero-order chi connectivity index (χ0) is 6.85. The van der Waals surface area contributed by atoms with E-state index in [0.717, 1.165) is 0 Å². The third kappa shape index (κ3) is 0.960. The fourth-order valence-corrected chi connectivity index (χ4v) is 0.436. The predicted octanol–water partition coefficient (Wildman–Crippen LogP) is -0.891. The van der Waals surface area contributed by atoms with Crippen LogP contribution in [0.5, 0.6) is 0 Å². The molecule has 1 heterocycles. The summed E-state index contributed by atoms with van der Waals surface area (Å²) in [4.78, 5) is 10.4. The Kier molecular flexibility index (Phi) is 1.30. The Hall–Kier alpha value is -1.19. The van der Waals surface area contributed by atoms with Gasteiger partial charge in [-0.25, -0.2) is 4.79 Å². The first-order valence-electron chi connectivity index (χ1n) is 2.39. The summed E-state index contributed by atoms with van der Waals surface area (Å²) >= 11 is 0. The van der Waals surface area contributed by atoms with Crippen molar-refractivity contribution in [1.82, 2.24) is 0 Å². The van der Waals surface area contributed by atoms with Gasteiger partial charge in [-0.05, 0) is 6.92 Å². The normalized spacial score (nSPS) is 19.0. The first kappa shape index (κ1) is 5.94. The molecule has 1 rings (SSSR count). The molecule has 0 N–H and O–H groups in total. The molecule has 1 aliphatic rings. The highest BCUT2D eigenvalue weighted by atomic mass is 16.7. The van der Waals surface area contributed by atoms with E-state index in [0.29, 0.717) is 0 Å². The molecule has 0 aromatic rings. The van der Waals surface area contributed by atoms with Crippen LogP contribution in [-0.4, -0.2) is 12.8 Å². The lowest BCUT2D eigenvalue weighted by Crippen LogP contribution is -2.24. The molecule has 0 saturated carbocycles. The molecule has 4 nitrogen and oxygen atoms in total. The van der Waals surface area contributed by atoms with Gasteiger partial charge < -0.3 is 14.6 Å². The number of rotatable bonds is 0. The summed E-state index contributed by atoms with van der Waals surface area (Å²) in [6.07, 6.45) is 0. The molecule has 9 heavy (non-hydrogen) atoms. The molecule has 0 atom stereocenters. The Balaban J connectivity index is 2.84. The maximum atomic E-state index is 10.4. The molecule has 0 aromatic heterocycles. The minimum absolute atomic E-state index is 0.00116. The summed E-state index contributed by atoms with van der Waals surface area (Å²) in [7, 11) is 0. The molecule has 0 bridgehead atoms. The summed E-state index contributed by atoms with van der Waals surface area (Å²) in [5.74, 6) is -1.18. The molecular formula is C5H5O4-. The molecular weight excluding hydrogens is 124 g/mol. The van der Waals surface area contributed by atoms with Crippen LogP contribution in [0.25, 0.3) is 0 Å². The topological polar surface area (TPSA) is 58.6 Å².